The number of nitrogens with zero attached hydrogens (tertiary/aromatic N) is 2. The van der Waals surface area contributed by atoms with Gasteiger partial charge in [-0.1, -0.05) is 30.3 Å². The van der Waals surface area contributed by atoms with Crippen molar-refractivity contribution in [3.63, 3.8) is 0 Å². The smallest absolute Gasteiger partial charge is 0.270 e. The van der Waals surface area contributed by atoms with Gasteiger partial charge in [-0.3, -0.25) is 9.59 Å². The van der Waals surface area contributed by atoms with Gasteiger partial charge in [0.1, 0.15) is 12.2 Å². The SMILES string of the molecule is O=C1CN(C(=O)c2cc3cc(C4CC4)ccc3[nH]2)CCN1Cc1cccc(C2CC2)c1. The molecule has 2 saturated carbocycles. The van der Waals surface area contributed by atoms with Gasteiger partial charge in [-0.05, 0) is 72.4 Å². The quantitative estimate of drug-likeness (QED) is 0.674. The number of aromatic nitrogens is 1. The zero-order chi connectivity index (χ0) is 20.9. The third-order valence-electron chi connectivity index (χ3n) is 6.90. The molecule has 3 fully saturated rings. The minimum absolute atomic E-state index is 0.0172. The lowest BCUT2D eigenvalue weighted by Gasteiger charge is -2.34. The van der Waals surface area contributed by atoms with E-state index in [4.69, 9.17) is 0 Å². The van der Waals surface area contributed by atoms with Crippen LogP contribution in [0, 0.1) is 0 Å². The highest BCUT2D eigenvalue weighted by Crippen LogP contribution is 2.41. The summed E-state index contributed by atoms with van der Waals surface area (Å²) in [5.74, 6) is 1.33. The number of H-pyrrole nitrogens is 1. The molecule has 5 nitrogen and oxygen atoms in total. The maximum Gasteiger partial charge on any atom is 0.270 e. The molecule has 0 spiro atoms. The van der Waals surface area contributed by atoms with Crippen LogP contribution in [0.25, 0.3) is 10.9 Å². The highest BCUT2D eigenvalue weighted by atomic mass is 16.2. The van der Waals surface area contributed by atoms with E-state index < -0.39 is 0 Å². The van der Waals surface area contributed by atoms with Crippen LogP contribution in [0.4, 0.5) is 0 Å². The molecule has 5 heteroatoms. The lowest BCUT2D eigenvalue weighted by molar-refractivity contribution is -0.135. The molecule has 158 valence electrons. The zero-order valence-electron chi connectivity index (χ0n) is 17.6. The van der Waals surface area contributed by atoms with Gasteiger partial charge in [0, 0.05) is 30.5 Å². The molecule has 0 radical (unpaired) electrons. The Labute approximate surface area is 182 Å². The molecule has 1 saturated heterocycles. The van der Waals surface area contributed by atoms with E-state index in [1.54, 1.807) is 4.90 Å². The van der Waals surface area contributed by atoms with Crippen molar-refractivity contribution >= 4 is 22.7 Å². The molecule has 6 rings (SSSR count). The van der Waals surface area contributed by atoms with Gasteiger partial charge in [-0.15, -0.1) is 0 Å². The molecule has 31 heavy (non-hydrogen) atoms. The van der Waals surface area contributed by atoms with Crippen LogP contribution in [-0.4, -0.2) is 46.2 Å². The van der Waals surface area contributed by atoms with E-state index in [1.165, 1.54) is 42.4 Å². The van der Waals surface area contributed by atoms with Gasteiger partial charge in [0.2, 0.25) is 5.91 Å². The fourth-order valence-corrected chi connectivity index (χ4v) is 4.74. The first-order chi connectivity index (χ1) is 15.1. The number of amides is 2. The molecule has 2 heterocycles. The Morgan fingerprint density at radius 3 is 2.45 bits per heavy atom. The highest BCUT2D eigenvalue weighted by Gasteiger charge is 2.29. The van der Waals surface area contributed by atoms with Crippen molar-refractivity contribution in [1.82, 2.24) is 14.8 Å². The molecule has 2 aliphatic carbocycles. The number of hydrogen-bond acceptors (Lipinski definition) is 2. The largest absolute Gasteiger partial charge is 0.351 e. The maximum atomic E-state index is 13.1. The zero-order valence-corrected chi connectivity index (χ0v) is 17.6. The number of carbonyl (C=O) groups is 2. The molecule has 1 N–H and O–H groups in total. The number of carbonyl (C=O) groups excluding carboxylic acids is 2. The van der Waals surface area contributed by atoms with Gasteiger partial charge in [-0.25, -0.2) is 0 Å². The van der Waals surface area contributed by atoms with E-state index >= 15 is 0 Å². The summed E-state index contributed by atoms with van der Waals surface area (Å²) in [7, 11) is 0. The van der Waals surface area contributed by atoms with Crippen LogP contribution in [0.2, 0.25) is 0 Å². The van der Waals surface area contributed by atoms with E-state index in [1.807, 2.05) is 11.0 Å². The van der Waals surface area contributed by atoms with Gasteiger partial charge >= 0.3 is 0 Å². The van der Waals surface area contributed by atoms with Crippen LogP contribution < -0.4 is 0 Å². The fraction of sp³-hybridized carbons (Fsp3) is 0.385. The molecular formula is C26H27N3O2. The van der Waals surface area contributed by atoms with E-state index in [-0.39, 0.29) is 18.4 Å². The third kappa shape index (κ3) is 3.73. The Morgan fingerprint density at radius 1 is 0.935 bits per heavy atom. The van der Waals surface area contributed by atoms with E-state index in [0.29, 0.717) is 37.2 Å². The topological polar surface area (TPSA) is 56.4 Å². The summed E-state index contributed by atoms with van der Waals surface area (Å²) in [6.45, 7) is 1.90. The number of rotatable bonds is 5. The van der Waals surface area contributed by atoms with Crippen molar-refractivity contribution in [3.05, 3.63) is 70.9 Å². The first-order valence-electron chi connectivity index (χ1n) is 11.4. The Hall–Kier alpha value is -3.08. The van der Waals surface area contributed by atoms with Gasteiger partial charge in [0.05, 0.1) is 0 Å². The number of nitrogens with one attached hydrogen (secondary N) is 1. The Balaban J connectivity index is 1.13. The Kier molecular flexibility index (Phi) is 4.37. The van der Waals surface area contributed by atoms with Crippen molar-refractivity contribution in [2.75, 3.05) is 19.6 Å². The molecule has 2 amide bonds. The summed E-state index contributed by atoms with van der Waals surface area (Å²) < 4.78 is 0. The monoisotopic (exact) mass is 413 g/mol. The molecular weight excluding hydrogens is 386 g/mol. The average molecular weight is 414 g/mol. The average Bonchev–Trinajstić information content (AvgIpc) is 3.70. The maximum absolute atomic E-state index is 13.1. The third-order valence-corrected chi connectivity index (χ3v) is 6.90. The summed E-state index contributed by atoms with van der Waals surface area (Å²) in [5, 5.41) is 1.08. The second-order valence-electron chi connectivity index (χ2n) is 9.37. The second-order valence-corrected chi connectivity index (χ2v) is 9.37. The molecule has 3 aromatic rings. The summed E-state index contributed by atoms with van der Waals surface area (Å²) >= 11 is 0. The minimum Gasteiger partial charge on any atom is -0.351 e. The van der Waals surface area contributed by atoms with Gasteiger partial charge in [0.25, 0.3) is 5.91 Å². The summed E-state index contributed by atoms with van der Waals surface area (Å²) in [4.78, 5) is 32.7. The predicted octanol–water partition coefficient (Wildman–Crippen LogP) is 4.41. The van der Waals surface area contributed by atoms with Crippen molar-refractivity contribution in [3.8, 4) is 0 Å². The van der Waals surface area contributed by atoms with Crippen molar-refractivity contribution in [1.29, 1.82) is 0 Å². The number of hydrogen-bond donors (Lipinski definition) is 1. The Bertz CT molecular complexity index is 1170. The molecule has 1 aliphatic heterocycles. The molecule has 0 bridgehead atoms. The van der Waals surface area contributed by atoms with E-state index in [9.17, 15) is 9.59 Å². The minimum atomic E-state index is -0.0899. The number of benzene rings is 2. The van der Waals surface area contributed by atoms with E-state index in [2.05, 4.69) is 47.4 Å². The first-order valence-corrected chi connectivity index (χ1v) is 11.4. The molecule has 0 unspecified atom stereocenters. The summed E-state index contributed by atoms with van der Waals surface area (Å²) in [6, 6.07) is 17.0. The summed E-state index contributed by atoms with van der Waals surface area (Å²) in [5.41, 5.74) is 5.48. The first kappa shape index (κ1) is 18.7. The van der Waals surface area contributed by atoms with Crippen LogP contribution in [0.3, 0.4) is 0 Å². The molecule has 0 atom stereocenters. The molecule has 1 aromatic heterocycles. The predicted molar refractivity (Wildman–Crippen MR) is 120 cm³/mol. The summed E-state index contributed by atoms with van der Waals surface area (Å²) in [6.07, 6.45) is 5.08. The normalized spacial score (nSPS) is 19.3. The van der Waals surface area contributed by atoms with Crippen LogP contribution >= 0.6 is 0 Å². The van der Waals surface area contributed by atoms with Crippen LogP contribution in [0.15, 0.2) is 48.5 Å². The molecule has 3 aliphatic rings. The standard InChI is InChI=1S/C26H27N3O2/c30-25-16-29(11-10-28(25)15-17-2-1-3-20(12-17)18-4-5-18)26(31)24-14-22-13-21(19-6-7-19)8-9-23(22)27-24/h1-3,8-9,12-14,18-19,27H,4-7,10-11,15-16H2. The number of fused-ring (bicyclic) bond motifs is 1. The second kappa shape index (κ2) is 7.26. The highest BCUT2D eigenvalue weighted by molar-refractivity contribution is 6.00. The lowest BCUT2D eigenvalue weighted by atomic mass is 10.1. The van der Waals surface area contributed by atoms with Gasteiger partial charge < -0.3 is 14.8 Å². The number of aromatic amines is 1. The van der Waals surface area contributed by atoms with Crippen LogP contribution in [0.1, 0.15) is 64.7 Å². The van der Waals surface area contributed by atoms with Crippen LogP contribution in [0.5, 0.6) is 0 Å². The van der Waals surface area contributed by atoms with Crippen molar-refractivity contribution in [2.45, 2.75) is 44.1 Å². The van der Waals surface area contributed by atoms with Gasteiger partial charge in [0.15, 0.2) is 0 Å². The number of piperazine rings is 1. The fourth-order valence-electron chi connectivity index (χ4n) is 4.74. The van der Waals surface area contributed by atoms with E-state index in [0.717, 1.165) is 10.9 Å². The van der Waals surface area contributed by atoms with Crippen molar-refractivity contribution in [2.24, 2.45) is 0 Å². The molecule has 2 aromatic carbocycles. The lowest BCUT2D eigenvalue weighted by Crippen LogP contribution is -2.51. The Morgan fingerprint density at radius 2 is 1.71 bits per heavy atom. The van der Waals surface area contributed by atoms with Crippen LogP contribution in [-0.2, 0) is 11.3 Å². The van der Waals surface area contributed by atoms with Crippen molar-refractivity contribution < 1.29 is 9.59 Å². The van der Waals surface area contributed by atoms with Gasteiger partial charge in [-0.2, -0.15) is 0 Å².